The highest BCUT2D eigenvalue weighted by Gasteiger charge is 2.23. The molecule has 6 nitrogen and oxygen atoms in total. The Bertz CT molecular complexity index is 1510. The summed E-state index contributed by atoms with van der Waals surface area (Å²) < 4.78 is 13.3. The number of benzene rings is 3. The summed E-state index contributed by atoms with van der Waals surface area (Å²) in [5.74, 6) is -0.992. The molecule has 40 heavy (non-hydrogen) atoms. The molecule has 2 amide bonds. The lowest BCUT2D eigenvalue weighted by Crippen LogP contribution is -2.30. The second kappa shape index (κ2) is 12.8. The van der Waals surface area contributed by atoms with Gasteiger partial charge in [0.05, 0.1) is 11.4 Å². The largest absolute Gasteiger partial charge is 0.397 e. The molecule has 0 radical (unpaired) electrons. The molecule has 1 aliphatic carbocycles. The van der Waals surface area contributed by atoms with E-state index in [1.54, 1.807) is 24.3 Å². The van der Waals surface area contributed by atoms with Gasteiger partial charge >= 0.3 is 0 Å². The molecule has 0 spiro atoms. The maximum atomic E-state index is 13.3. The molecule has 0 fully saturated rings. The van der Waals surface area contributed by atoms with Gasteiger partial charge in [-0.1, -0.05) is 60.2 Å². The van der Waals surface area contributed by atoms with Crippen molar-refractivity contribution in [2.45, 2.75) is 20.8 Å². The number of nitrogen functional groups attached to an aromatic ring is 1. The van der Waals surface area contributed by atoms with Gasteiger partial charge in [0.2, 0.25) is 5.91 Å². The van der Waals surface area contributed by atoms with Crippen molar-refractivity contribution in [3.05, 3.63) is 125 Å². The first-order valence-corrected chi connectivity index (χ1v) is 13.1. The van der Waals surface area contributed by atoms with E-state index < -0.39 is 5.82 Å². The first-order chi connectivity index (χ1) is 19.2. The van der Waals surface area contributed by atoms with Gasteiger partial charge in [-0.2, -0.15) is 0 Å². The Morgan fingerprint density at radius 2 is 1.43 bits per heavy atom. The van der Waals surface area contributed by atoms with Gasteiger partial charge in [-0.15, -0.1) is 0 Å². The van der Waals surface area contributed by atoms with E-state index in [9.17, 15) is 14.0 Å². The summed E-state index contributed by atoms with van der Waals surface area (Å²) in [6.07, 6.45) is 6.90. The minimum absolute atomic E-state index is 0.150. The fraction of sp³-hybridized carbons (Fsp3) is 0.152. The Kier molecular flexibility index (Phi) is 8.96. The van der Waals surface area contributed by atoms with Crippen LogP contribution in [0, 0.1) is 5.82 Å². The predicted molar refractivity (Wildman–Crippen MR) is 161 cm³/mol. The number of carbonyl (C=O) groups excluding carboxylic acids is 2. The average Bonchev–Trinajstić information content (AvgIpc) is 3.24. The Hall–Kier alpha value is -4.91. The molecule has 0 heterocycles. The molecule has 1 aliphatic rings. The molecule has 0 unspecified atom stereocenters. The molecule has 3 aromatic carbocycles. The van der Waals surface area contributed by atoms with E-state index in [1.165, 1.54) is 12.1 Å². The maximum Gasteiger partial charge on any atom is 0.255 e. The third-order valence-electron chi connectivity index (χ3n) is 6.31. The normalized spacial score (nSPS) is 12.2. The summed E-state index contributed by atoms with van der Waals surface area (Å²) in [7, 11) is 0. The molecule has 3 aromatic rings. The minimum Gasteiger partial charge on any atom is -0.397 e. The molecule has 0 aliphatic heterocycles. The Balaban J connectivity index is 1.34. The second-order valence-corrected chi connectivity index (χ2v) is 9.75. The number of nitrogens with one attached hydrogen (secondary N) is 3. The number of allylic oxidation sites excluding steroid dienone is 4. The van der Waals surface area contributed by atoms with E-state index >= 15 is 0 Å². The Morgan fingerprint density at radius 1 is 0.825 bits per heavy atom. The van der Waals surface area contributed by atoms with Crippen LogP contribution >= 0.6 is 0 Å². The standard InChI is InChI=1S/C33H33FN4O2/c1-21(2)18-23(33(40)38-31-15-14-24(34)19-30(31)35)13-12-22(3)36-16-17-37-32(39)20-29-27-10-6-4-8-25(27)26-9-5-7-11-28(26)29/h4-15,18-20,36H,16-17,35H2,1-3H3,(H,37,39)(H,38,40)/b22-12+,23-13+. The van der Waals surface area contributed by atoms with E-state index in [0.29, 0.717) is 24.4 Å². The zero-order chi connectivity index (χ0) is 28.6. The van der Waals surface area contributed by atoms with Crippen molar-refractivity contribution >= 4 is 28.8 Å². The summed E-state index contributed by atoms with van der Waals surface area (Å²) in [6, 6.07) is 20.0. The minimum atomic E-state index is -0.470. The van der Waals surface area contributed by atoms with Gasteiger partial charge in [0.15, 0.2) is 0 Å². The summed E-state index contributed by atoms with van der Waals surface area (Å²) in [6.45, 7) is 6.59. The molecule has 5 N–H and O–H groups in total. The molecule has 0 bridgehead atoms. The molecule has 4 rings (SSSR count). The van der Waals surface area contributed by atoms with Gasteiger partial charge in [0.1, 0.15) is 5.82 Å². The molecular weight excluding hydrogens is 503 g/mol. The highest BCUT2D eigenvalue weighted by Crippen LogP contribution is 2.43. The SMILES string of the molecule is CC(C)=C/C(=C\C=C(/C)NCCNC(=O)C=C1c2ccccc2-c2ccccc21)C(=O)Nc1ccc(F)cc1N. The molecular formula is C33H33FN4O2. The molecule has 0 atom stereocenters. The van der Waals surface area contributed by atoms with E-state index in [1.807, 2.05) is 57.2 Å². The lowest BCUT2D eigenvalue weighted by Gasteiger charge is -2.10. The van der Waals surface area contributed by atoms with Crippen LogP contribution in [0.25, 0.3) is 16.7 Å². The quantitative estimate of drug-likeness (QED) is 0.0919. The van der Waals surface area contributed by atoms with E-state index in [0.717, 1.165) is 45.2 Å². The van der Waals surface area contributed by atoms with E-state index in [-0.39, 0.29) is 17.5 Å². The van der Waals surface area contributed by atoms with Gasteiger partial charge in [0.25, 0.3) is 5.91 Å². The van der Waals surface area contributed by atoms with Crippen LogP contribution < -0.4 is 21.7 Å². The van der Waals surface area contributed by atoms with Crippen LogP contribution in [0.4, 0.5) is 15.8 Å². The molecule has 0 aromatic heterocycles. The number of hydrogen-bond acceptors (Lipinski definition) is 4. The summed E-state index contributed by atoms with van der Waals surface area (Å²) in [4.78, 5) is 25.6. The zero-order valence-corrected chi connectivity index (χ0v) is 22.8. The van der Waals surface area contributed by atoms with Gasteiger partial charge < -0.3 is 21.7 Å². The van der Waals surface area contributed by atoms with Crippen LogP contribution in [0.2, 0.25) is 0 Å². The van der Waals surface area contributed by atoms with Crippen molar-refractivity contribution in [2.75, 3.05) is 24.1 Å². The van der Waals surface area contributed by atoms with Crippen LogP contribution in [0.15, 0.2) is 108 Å². The van der Waals surface area contributed by atoms with Crippen molar-refractivity contribution in [1.29, 1.82) is 0 Å². The smallest absolute Gasteiger partial charge is 0.255 e. The number of fused-ring (bicyclic) bond motifs is 3. The van der Waals surface area contributed by atoms with Gasteiger partial charge in [-0.3, -0.25) is 9.59 Å². The number of halogens is 1. The van der Waals surface area contributed by atoms with E-state index in [2.05, 4.69) is 28.1 Å². The monoisotopic (exact) mass is 536 g/mol. The predicted octanol–water partition coefficient (Wildman–Crippen LogP) is 5.96. The number of hydrogen-bond donors (Lipinski definition) is 4. The zero-order valence-electron chi connectivity index (χ0n) is 22.8. The van der Waals surface area contributed by atoms with Crippen LogP contribution in [0.3, 0.4) is 0 Å². The molecule has 0 saturated carbocycles. The van der Waals surface area contributed by atoms with Crippen molar-refractivity contribution in [3.63, 3.8) is 0 Å². The van der Waals surface area contributed by atoms with Gasteiger partial charge in [0, 0.05) is 30.4 Å². The highest BCUT2D eigenvalue weighted by atomic mass is 19.1. The molecule has 0 saturated heterocycles. The molecule has 204 valence electrons. The lowest BCUT2D eigenvalue weighted by atomic mass is 10.0. The number of anilines is 2. The van der Waals surface area contributed by atoms with Crippen LogP contribution in [0.5, 0.6) is 0 Å². The number of amides is 2. The van der Waals surface area contributed by atoms with Gasteiger partial charge in [-0.05, 0) is 78.9 Å². The first-order valence-electron chi connectivity index (χ1n) is 13.1. The van der Waals surface area contributed by atoms with Crippen molar-refractivity contribution in [3.8, 4) is 11.1 Å². The summed E-state index contributed by atoms with van der Waals surface area (Å²) in [5, 5.41) is 8.91. The maximum absolute atomic E-state index is 13.3. The van der Waals surface area contributed by atoms with Gasteiger partial charge in [-0.25, -0.2) is 4.39 Å². The summed E-state index contributed by atoms with van der Waals surface area (Å²) in [5.41, 5.74) is 13.8. The van der Waals surface area contributed by atoms with Crippen molar-refractivity contribution in [1.82, 2.24) is 10.6 Å². The van der Waals surface area contributed by atoms with Crippen molar-refractivity contribution < 1.29 is 14.0 Å². The summed E-state index contributed by atoms with van der Waals surface area (Å²) >= 11 is 0. The van der Waals surface area contributed by atoms with Crippen molar-refractivity contribution in [2.24, 2.45) is 0 Å². The Morgan fingerprint density at radius 3 is 2.02 bits per heavy atom. The average molecular weight is 537 g/mol. The Labute approximate surface area is 234 Å². The third-order valence-corrected chi connectivity index (χ3v) is 6.31. The topological polar surface area (TPSA) is 96.2 Å². The van der Waals surface area contributed by atoms with E-state index in [4.69, 9.17) is 5.73 Å². The highest BCUT2D eigenvalue weighted by molar-refractivity contribution is 6.08. The second-order valence-electron chi connectivity index (χ2n) is 9.75. The third kappa shape index (κ3) is 6.94. The number of nitrogens with two attached hydrogens (primary N) is 1. The number of carbonyl (C=O) groups is 2. The fourth-order valence-electron chi connectivity index (χ4n) is 4.45. The van der Waals surface area contributed by atoms with Crippen LogP contribution in [-0.2, 0) is 9.59 Å². The lowest BCUT2D eigenvalue weighted by molar-refractivity contribution is -0.116. The van der Waals surface area contributed by atoms with Crippen LogP contribution in [-0.4, -0.2) is 24.9 Å². The molecule has 7 heteroatoms. The first kappa shape index (κ1) is 28.1. The number of rotatable bonds is 9. The van der Waals surface area contributed by atoms with Crippen LogP contribution in [0.1, 0.15) is 31.9 Å². The fourth-order valence-corrected chi connectivity index (χ4v) is 4.45.